The van der Waals surface area contributed by atoms with Crippen molar-refractivity contribution in [3.8, 4) is 0 Å². The molecule has 13 heavy (non-hydrogen) atoms. The molecule has 0 saturated carbocycles. The Morgan fingerprint density at radius 2 is 2.15 bits per heavy atom. The molecule has 0 bridgehead atoms. The van der Waals surface area contributed by atoms with Crippen molar-refractivity contribution in [2.75, 3.05) is 19.0 Å². The van der Waals surface area contributed by atoms with Gasteiger partial charge in [-0.2, -0.15) is 4.31 Å². The summed E-state index contributed by atoms with van der Waals surface area (Å²) in [6.07, 6.45) is 1.81. The molecular weight excluding hydrogens is 190 g/mol. The Labute approximate surface area is 79.9 Å². The smallest absolute Gasteiger partial charge is 0.238 e. The number of hydrogen-bond acceptors (Lipinski definition) is 3. The van der Waals surface area contributed by atoms with Crippen molar-refractivity contribution in [2.45, 2.75) is 32.8 Å². The highest BCUT2D eigenvalue weighted by Crippen LogP contribution is 2.15. The van der Waals surface area contributed by atoms with Gasteiger partial charge in [-0.3, -0.25) is 0 Å². The molecule has 0 amide bonds. The summed E-state index contributed by atoms with van der Waals surface area (Å²) in [5.41, 5.74) is 0. The van der Waals surface area contributed by atoms with Crippen LogP contribution in [-0.4, -0.2) is 37.9 Å². The van der Waals surface area contributed by atoms with Crippen molar-refractivity contribution in [2.24, 2.45) is 0 Å². The quantitative estimate of drug-likeness (QED) is 0.687. The van der Waals surface area contributed by atoms with E-state index in [1.165, 1.54) is 4.31 Å². The summed E-state index contributed by atoms with van der Waals surface area (Å²) >= 11 is 0. The average molecular weight is 207 g/mol. The molecule has 1 fully saturated rings. The van der Waals surface area contributed by atoms with Crippen molar-refractivity contribution >= 4 is 10.0 Å². The predicted octanol–water partition coefficient (Wildman–Crippen LogP) is 0.794. The van der Waals surface area contributed by atoms with E-state index < -0.39 is 10.0 Å². The molecule has 0 aromatic carbocycles. The molecular formula is C8H17NO3S. The van der Waals surface area contributed by atoms with Crippen LogP contribution in [0.4, 0.5) is 0 Å². The first kappa shape index (κ1) is 10.9. The fraction of sp³-hybridized carbons (Fsp3) is 1.00. The van der Waals surface area contributed by atoms with Crippen LogP contribution in [0, 0.1) is 0 Å². The van der Waals surface area contributed by atoms with E-state index >= 15 is 0 Å². The highest BCUT2D eigenvalue weighted by molar-refractivity contribution is 7.88. The van der Waals surface area contributed by atoms with Gasteiger partial charge in [0.1, 0.15) is 0 Å². The highest BCUT2D eigenvalue weighted by Gasteiger charge is 2.30. The first-order valence-electron chi connectivity index (χ1n) is 4.69. The molecule has 1 aliphatic heterocycles. The number of rotatable bonds is 3. The van der Waals surface area contributed by atoms with E-state index in [0.717, 1.165) is 12.8 Å². The zero-order chi connectivity index (χ0) is 9.90. The van der Waals surface area contributed by atoms with E-state index in [4.69, 9.17) is 4.74 Å². The van der Waals surface area contributed by atoms with Crippen LogP contribution in [0.25, 0.3) is 0 Å². The topological polar surface area (TPSA) is 46.6 Å². The highest BCUT2D eigenvalue weighted by atomic mass is 32.2. The monoisotopic (exact) mass is 207 g/mol. The molecule has 1 aliphatic rings. The Morgan fingerprint density at radius 3 is 2.69 bits per heavy atom. The van der Waals surface area contributed by atoms with Crippen LogP contribution in [0.15, 0.2) is 0 Å². The molecule has 5 heteroatoms. The Bertz CT molecular complexity index is 250. The maximum absolute atomic E-state index is 11.4. The Kier molecular flexibility index (Phi) is 3.70. The van der Waals surface area contributed by atoms with E-state index in [-0.39, 0.29) is 12.0 Å². The lowest BCUT2D eigenvalue weighted by Crippen LogP contribution is -2.46. The van der Waals surface area contributed by atoms with Gasteiger partial charge in [0, 0.05) is 13.1 Å². The molecule has 1 heterocycles. The third kappa shape index (κ3) is 2.65. The number of ether oxygens (including phenoxy) is 1. The third-order valence-electron chi connectivity index (χ3n) is 2.18. The molecule has 1 unspecified atom stereocenters. The average Bonchev–Trinajstić information content (AvgIpc) is 2.09. The number of hydrogen-bond donors (Lipinski definition) is 0. The molecule has 0 aromatic rings. The fourth-order valence-electron chi connectivity index (χ4n) is 1.38. The first-order valence-corrected chi connectivity index (χ1v) is 6.30. The summed E-state index contributed by atoms with van der Waals surface area (Å²) in [4.78, 5) is 0. The van der Waals surface area contributed by atoms with Crippen molar-refractivity contribution in [3.05, 3.63) is 0 Å². The summed E-state index contributed by atoms with van der Waals surface area (Å²) in [6, 6.07) is 0. The molecule has 4 nitrogen and oxygen atoms in total. The van der Waals surface area contributed by atoms with Crippen LogP contribution in [-0.2, 0) is 14.8 Å². The largest absolute Gasteiger partial charge is 0.360 e. The summed E-state index contributed by atoms with van der Waals surface area (Å²) in [5, 5.41) is 0. The molecule has 1 atom stereocenters. The third-order valence-corrected chi connectivity index (χ3v) is 3.73. The summed E-state index contributed by atoms with van der Waals surface area (Å²) in [6.45, 7) is 5.12. The van der Waals surface area contributed by atoms with Gasteiger partial charge in [-0.05, 0) is 12.8 Å². The van der Waals surface area contributed by atoms with Crippen molar-refractivity contribution in [1.82, 2.24) is 4.31 Å². The molecule has 1 saturated heterocycles. The predicted molar refractivity (Wildman–Crippen MR) is 50.8 cm³/mol. The second kappa shape index (κ2) is 4.39. The van der Waals surface area contributed by atoms with Crippen molar-refractivity contribution < 1.29 is 13.2 Å². The molecule has 78 valence electrons. The van der Waals surface area contributed by atoms with E-state index in [1.54, 1.807) is 0 Å². The van der Waals surface area contributed by atoms with Gasteiger partial charge in [-0.25, -0.2) is 8.42 Å². The van der Waals surface area contributed by atoms with Crippen LogP contribution in [0.5, 0.6) is 0 Å². The lowest BCUT2D eigenvalue weighted by Gasteiger charge is -2.31. The lowest BCUT2D eigenvalue weighted by molar-refractivity contribution is 0.0458. The summed E-state index contributed by atoms with van der Waals surface area (Å²) in [7, 11) is -3.12. The van der Waals surface area contributed by atoms with E-state index in [2.05, 4.69) is 0 Å². The maximum atomic E-state index is 11.4. The Hall–Kier alpha value is -0.130. The zero-order valence-electron chi connectivity index (χ0n) is 8.19. The fourth-order valence-corrected chi connectivity index (χ4v) is 2.74. The maximum Gasteiger partial charge on any atom is 0.238 e. The molecule has 0 N–H and O–H groups in total. The second-order valence-electron chi connectivity index (χ2n) is 3.28. The second-order valence-corrected chi connectivity index (χ2v) is 5.20. The van der Waals surface area contributed by atoms with Gasteiger partial charge in [0.25, 0.3) is 0 Å². The standard InChI is InChI=1S/C8H17NO3S/c1-3-5-9-6-8(4-2)12-7-13(9,10)11/h8H,3-7H2,1-2H3. The van der Waals surface area contributed by atoms with Crippen LogP contribution in [0.3, 0.4) is 0 Å². The van der Waals surface area contributed by atoms with Gasteiger partial charge in [-0.1, -0.05) is 13.8 Å². The SMILES string of the molecule is CCCN1CC(CC)OCS1(=O)=O. The van der Waals surface area contributed by atoms with Crippen LogP contribution in [0.1, 0.15) is 26.7 Å². The van der Waals surface area contributed by atoms with Crippen molar-refractivity contribution in [1.29, 1.82) is 0 Å². The zero-order valence-corrected chi connectivity index (χ0v) is 9.01. The summed E-state index contributed by atoms with van der Waals surface area (Å²) in [5.74, 6) is -0.147. The molecule has 1 rings (SSSR count). The first-order chi connectivity index (χ1) is 6.10. The minimum absolute atomic E-state index is 0.0788. The van der Waals surface area contributed by atoms with E-state index in [1.807, 2.05) is 13.8 Å². The van der Waals surface area contributed by atoms with Crippen LogP contribution in [0.2, 0.25) is 0 Å². The van der Waals surface area contributed by atoms with Crippen LogP contribution < -0.4 is 0 Å². The van der Waals surface area contributed by atoms with E-state index in [9.17, 15) is 8.42 Å². The van der Waals surface area contributed by atoms with Gasteiger partial charge in [0.15, 0.2) is 5.94 Å². The van der Waals surface area contributed by atoms with Gasteiger partial charge in [0.05, 0.1) is 6.10 Å². The van der Waals surface area contributed by atoms with Gasteiger partial charge >= 0.3 is 0 Å². The van der Waals surface area contributed by atoms with E-state index in [0.29, 0.717) is 13.1 Å². The molecule has 0 radical (unpaired) electrons. The summed E-state index contributed by atoms with van der Waals surface area (Å²) < 4.78 is 29.6. The molecule has 0 aromatic heterocycles. The molecule has 0 spiro atoms. The lowest BCUT2D eigenvalue weighted by atomic mass is 10.3. The molecule has 0 aliphatic carbocycles. The van der Waals surface area contributed by atoms with Crippen molar-refractivity contribution in [3.63, 3.8) is 0 Å². The van der Waals surface area contributed by atoms with Gasteiger partial charge in [0.2, 0.25) is 10.0 Å². The Balaban J connectivity index is 2.64. The van der Waals surface area contributed by atoms with Crippen LogP contribution >= 0.6 is 0 Å². The minimum atomic E-state index is -3.12. The number of sulfonamides is 1. The van der Waals surface area contributed by atoms with Gasteiger partial charge in [-0.15, -0.1) is 0 Å². The Morgan fingerprint density at radius 1 is 1.46 bits per heavy atom. The normalized spacial score (nSPS) is 28.9. The van der Waals surface area contributed by atoms with Gasteiger partial charge < -0.3 is 4.74 Å². The minimum Gasteiger partial charge on any atom is -0.360 e. The number of nitrogens with zero attached hydrogens (tertiary/aromatic N) is 1.